The molecule has 1 unspecified atom stereocenters. The molecule has 0 bridgehead atoms. The molecule has 1 fully saturated rings. The molecule has 126 valence electrons. The number of benzene rings is 2. The highest BCUT2D eigenvalue weighted by Crippen LogP contribution is 2.28. The summed E-state index contributed by atoms with van der Waals surface area (Å²) in [5.74, 6) is 1.80. The van der Waals surface area contributed by atoms with Gasteiger partial charge in [0, 0.05) is 30.2 Å². The Hall–Kier alpha value is -1.74. The summed E-state index contributed by atoms with van der Waals surface area (Å²) in [6.07, 6.45) is 2.73. The molecule has 1 amide bonds. The summed E-state index contributed by atoms with van der Waals surface area (Å²) < 4.78 is 0. The van der Waals surface area contributed by atoms with Gasteiger partial charge in [0.15, 0.2) is 0 Å². The number of amides is 1. The minimum Gasteiger partial charge on any atom is -0.342 e. The van der Waals surface area contributed by atoms with Crippen molar-refractivity contribution in [2.75, 3.05) is 18.8 Å². The lowest BCUT2D eigenvalue weighted by Gasteiger charge is -2.20. The first-order valence-corrected chi connectivity index (χ1v) is 9.73. The van der Waals surface area contributed by atoms with Crippen LogP contribution in [0.4, 0.5) is 0 Å². The number of hydrogen-bond donors (Lipinski definition) is 0. The Bertz CT molecular complexity index is 653. The van der Waals surface area contributed by atoms with E-state index in [1.54, 1.807) is 0 Å². The molecule has 2 aromatic rings. The monoisotopic (exact) mass is 339 g/mol. The van der Waals surface area contributed by atoms with Gasteiger partial charge in [-0.05, 0) is 43.4 Å². The maximum absolute atomic E-state index is 12.4. The number of nitrogens with zero attached hydrogens (tertiary/aromatic N) is 1. The second-order valence-corrected chi connectivity index (χ2v) is 7.65. The van der Waals surface area contributed by atoms with E-state index in [0.717, 1.165) is 31.7 Å². The second-order valence-electron chi connectivity index (χ2n) is 6.48. The van der Waals surface area contributed by atoms with E-state index in [1.165, 1.54) is 16.0 Å². The number of carbonyl (C=O) groups excluding carboxylic acids is 1. The summed E-state index contributed by atoms with van der Waals surface area (Å²) in [6, 6.07) is 19.2. The molecule has 24 heavy (non-hydrogen) atoms. The van der Waals surface area contributed by atoms with Gasteiger partial charge in [0.25, 0.3) is 0 Å². The van der Waals surface area contributed by atoms with Crippen molar-refractivity contribution >= 4 is 17.7 Å². The van der Waals surface area contributed by atoms with Crippen LogP contribution in [0.25, 0.3) is 0 Å². The molecule has 1 aliphatic heterocycles. The molecule has 0 spiro atoms. The van der Waals surface area contributed by atoms with Crippen LogP contribution in [0, 0.1) is 6.92 Å². The van der Waals surface area contributed by atoms with Crippen LogP contribution in [-0.4, -0.2) is 29.6 Å². The summed E-state index contributed by atoms with van der Waals surface area (Å²) in [5, 5.41) is 0. The molecule has 0 aromatic heterocycles. The van der Waals surface area contributed by atoms with E-state index in [-0.39, 0.29) is 0 Å². The van der Waals surface area contributed by atoms with Crippen LogP contribution in [0.15, 0.2) is 59.5 Å². The first kappa shape index (κ1) is 17.1. The highest BCUT2D eigenvalue weighted by molar-refractivity contribution is 7.99. The van der Waals surface area contributed by atoms with Gasteiger partial charge in [-0.2, -0.15) is 0 Å². The summed E-state index contributed by atoms with van der Waals surface area (Å²) in [5.41, 5.74) is 2.66. The Morgan fingerprint density at radius 3 is 2.54 bits per heavy atom. The van der Waals surface area contributed by atoms with Crippen LogP contribution in [0.1, 0.15) is 36.3 Å². The summed E-state index contributed by atoms with van der Waals surface area (Å²) in [4.78, 5) is 15.7. The highest BCUT2D eigenvalue weighted by atomic mass is 32.2. The zero-order valence-corrected chi connectivity index (χ0v) is 15.1. The number of hydrogen-bond acceptors (Lipinski definition) is 2. The maximum atomic E-state index is 12.4. The molecule has 0 saturated carbocycles. The standard InChI is InChI=1S/C21H25NOS/c1-17-7-10-20(11-8-17)24-16-15-22-14-13-19(9-12-21(22)23)18-5-3-2-4-6-18/h2-8,10-11,19H,9,12-16H2,1H3. The molecule has 2 nitrogen and oxygen atoms in total. The van der Waals surface area contributed by atoms with Gasteiger partial charge in [-0.1, -0.05) is 48.0 Å². The smallest absolute Gasteiger partial charge is 0.222 e. The Morgan fingerprint density at radius 2 is 1.79 bits per heavy atom. The summed E-state index contributed by atoms with van der Waals surface area (Å²) in [7, 11) is 0. The van der Waals surface area contributed by atoms with Crippen LogP contribution in [0.2, 0.25) is 0 Å². The van der Waals surface area contributed by atoms with Gasteiger partial charge in [-0.3, -0.25) is 4.79 Å². The molecule has 2 aromatic carbocycles. The Labute approximate surface area is 149 Å². The van der Waals surface area contributed by atoms with E-state index >= 15 is 0 Å². The third-order valence-electron chi connectivity index (χ3n) is 4.73. The molecule has 0 N–H and O–H groups in total. The van der Waals surface area contributed by atoms with E-state index in [1.807, 2.05) is 11.8 Å². The van der Waals surface area contributed by atoms with Gasteiger partial charge >= 0.3 is 0 Å². The first-order chi connectivity index (χ1) is 11.7. The van der Waals surface area contributed by atoms with Crippen molar-refractivity contribution in [2.45, 2.75) is 37.0 Å². The lowest BCUT2D eigenvalue weighted by Crippen LogP contribution is -2.32. The average Bonchev–Trinajstić information content (AvgIpc) is 2.80. The number of thioether (sulfide) groups is 1. The van der Waals surface area contributed by atoms with E-state index in [2.05, 4.69) is 66.4 Å². The predicted molar refractivity (Wildman–Crippen MR) is 102 cm³/mol. The molecule has 1 saturated heterocycles. The van der Waals surface area contributed by atoms with E-state index in [0.29, 0.717) is 18.2 Å². The molecule has 1 heterocycles. The Kier molecular flexibility index (Phi) is 5.97. The fourth-order valence-electron chi connectivity index (χ4n) is 3.24. The fourth-order valence-corrected chi connectivity index (χ4v) is 4.12. The molecular weight excluding hydrogens is 314 g/mol. The van der Waals surface area contributed by atoms with Crippen LogP contribution in [-0.2, 0) is 4.79 Å². The van der Waals surface area contributed by atoms with Crippen LogP contribution in [0.5, 0.6) is 0 Å². The quantitative estimate of drug-likeness (QED) is 0.723. The Morgan fingerprint density at radius 1 is 1.04 bits per heavy atom. The lowest BCUT2D eigenvalue weighted by molar-refractivity contribution is -0.130. The topological polar surface area (TPSA) is 20.3 Å². The zero-order chi connectivity index (χ0) is 16.8. The Balaban J connectivity index is 1.51. The summed E-state index contributed by atoms with van der Waals surface area (Å²) in [6.45, 7) is 3.83. The van der Waals surface area contributed by atoms with Crippen molar-refractivity contribution in [3.8, 4) is 0 Å². The molecule has 1 atom stereocenters. The van der Waals surface area contributed by atoms with Crippen LogP contribution in [0.3, 0.4) is 0 Å². The van der Waals surface area contributed by atoms with Crippen molar-refractivity contribution in [1.82, 2.24) is 4.90 Å². The molecule has 3 rings (SSSR count). The number of aryl methyl sites for hydroxylation is 1. The SMILES string of the molecule is Cc1ccc(SCCN2CCC(c3ccccc3)CCC2=O)cc1. The lowest BCUT2D eigenvalue weighted by atomic mass is 9.92. The van der Waals surface area contributed by atoms with Crippen molar-refractivity contribution in [3.05, 3.63) is 65.7 Å². The van der Waals surface area contributed by atoms with Crippen molar-refractivity contribution in [3.63, 3.8) is 0 Å². The highest BCUT2D eigenvalue weighted by Gasteiger charge is 2.23. The first-order valence-electron chi connectivity index (χ1n) is 8.74. The fraction of sp³-hybridized carbons (Fsp3) is 0.381. The normalized spacial score (nSPS) is 18.5. The third kappa shape index (κ3) is 4.64. The molecular formula is C21H25NOS. The van der Waals surface area contributed by atoms with Crippen LogP contribution >= 0.6 is 11.8 Å². The number of carbonyl (C=O) groups is 1. The van der Waals surface area contributed by atoms with Gasteiger partial charge in [0.05, 0.1) is 0 Å². The van der Waals surface area contributed by atoms with Gasteiger partial charge < -0.3 is 4.90 Å². The molecule has 0 radical (unpaired) electrons. The van der Waals surface area contributed by atoms with Gasteiger partial charge in [-0.15, -0.1) is 11.8 Å². The molecule has 1 aliphatic rings. The second kappa shape index (κ2) is 8.39. The minimum absolute atomic E-state index is 0.318. The van der Waals surface area contributed by atoms with Gasteiger partial charge in [0.1, 0.15) is 0 Å². The van der Waals surface area contributed by atoms with E-state index in [9.17, 15) is 4.79 Å². The minimum atomic E-state index is 0.318. The maximum Gasteiger partial charge on any atom is 0.222 e. The van der Waals surface area contributed by atoms with E-state index < -0.39 is 0 Å². The van der Waals surface area contributed by atoms with E-state index in [4.69, 9.17) is 0 Å². The number of rotatable bonds is 5. The van der Waals surface area contributed by atoms with Crippen molar-refractivity contribution in [2.24, 2.45) is 0 Å². The van der Waals surface area contributed by atoms with Crippen LogP contribution < -0.4 is 0 Å². The van der Waals surface area contributed by atoms with Gasteiger partial charge in [-0.25, -0.2) is 0 Å². The largest absolute Gasteiger partial charge is 0.342 e. The van der Waals surface area contributed by atoms with Gasteiger partial charge in [0.2, 0.25) is 5.91 Å². The third-order valence-corrected chi connectivity index (χ3v) is 5.72. The average molecular weight is 340 g/mol. The zero-order valence-electron chi connectivity index (χ0n) is 14.3. The number of likely N-dealkylation sites (tertiary alicyclic amines) is 1. The molecule has 0 aliphatic carbocycles. The van der Waals surface area contributed by atoms with Crippen molar-refractivity contribution < 1.29 is 4.79 Å². The van der Waals surface area contributed by atoms with Crippen molar-refractivity contribution in [1.29, 1.82) is 0 Å². The summed E-state index contributed by atoms with van der Waals surface area (Å²) >= 11 is 1.83. The predicted octanol–water partition coefficient (Wildman–Crippen LogP) is 4.88. The molecule has 3 heteroatoms.